The minimum atomic E-state index is -0.194. The first-order valence-corrected chi connectivity index (χ1v) is 10.3. The van der Waals surface area contributed by atoms with Crippen LogP contribution in [0, 0.1) is 11.3 Å². The Morgan fingerprint density at radius 2 is 2.07 bits per heavy atom. The molecule has 0 spiro atoms. The summed E-state index contributed by atoms with van der Waals surface area (Å²) >= 11 is 1.27. The van der Waals surface area contributed by atoms with E-state index in [1.165, 1.54) is 16.3 Å². The number of thioether (sulfide) groups is 1. The first kappa shape index (κ1) is 18.5. The Morgan fingerprint density at radius 1 is 1.29 bits per heavy atom. The number of rotatable bonds is 6. The standard InChI is InChI=1S/C19H20N6O2S/c20-10-12-28-19-23-22-18-24(11-9-16(26)21-13-5-1-2-6-13)17(27)14-7-3-4-8-15(14)25(18)19/h3-4,7-8,13H,1-2,5-6,9,11-12H2,(H,21,26). The number of aryl methyl sites for hydroxylation is 1. The van der Waals surface area contributed by atoms with Gasteiger partial charge in [-0.1, -0.05) is 36.7 Å². The predicted molar refractivity (Wildman–Crippen MR) is 106 cm³/mol. The third kappa shape index (κ3) is 3.47. The molecule has 0 unspecified atom stereocenters. The van der Waals surface area contributed by atoms with Crippen LogP contribution in [0.2, 0.25) is 0 Å². The fourth-order valence-electron chi connectivity index (χ4n) is 3.71. The number of nitrogens with zero attached hydrogens (tertiary/aromatic N) is 5. The highest BCUT2D eigenvalue weighted by Crippen LogP contribution is 2.21. The molecular formula is C19H20N6O2S. The van der Waals surface area contributed by atoms with Gasteiger partial charge in [-0.25, -0.2) is 0 Å². The van der Waals surface area contributed by atoms with E-state index in [0.717, 1.165) is 25.7 Å². The number of nitrogens with one attached hydrogen (secondary N) is 1. The third-order valence-corrected chi connectivity index (χ3v) is 5.82. The van der Waals surface area contributed by atoms with Gasteiger partial charge >= 0.3 is 0 Å². The lowest BCUT2D eigenvalue weighted by molar-refractivity contribution is -0.121. The molecule has 2 aromatic heterocycles. The molecule has 1 amide bonds. The van der Waals surface area contributed by atoms with Crippen molar-refractivity contribution >= 4 is 34.3 Å². The van der Waals surface area contributed by atoms with Crippen molar-refractivity contribution in [1.82, 2.24) is 24.5 Å². The molecule has 1 aromatic carbocycles. The van der Waals surface area contributed by atoms with Crippen LogP contribution in [0.3, 0.4) is 0 Å². The van der Waals surface area contributed by atoms with Crippen LogP contribution in [-0.4, -0.2) is 36.9 Å². The molecule has 28 heavy (non-hydrogen) atoms. The lowest BCUT2D eigenvalue weighted by Crippen LogP contribution is -2.34. The normalized spacial score (nSPS) is 14.5. The average molecular weight is 396 g/mol. The van der Waals surface area contributed by atoms with Gasteiger partial charge < -0.3 is 5.32 Å². The highest BCUT2D eigenvalue weighted by Gasteiger charge is 2.19. The van der Waals surface area contributed by atoms with Crippen LogP contribution in [-0.2, 0) is 11.3 Å². The van der Waals surface area contributed by atoms with Crippen molar-refractivity contribution in [3.05, 3.63) is 34.6 Å². The van der Waals surface area contributed by atoms with E-state index < -0.39 is 0 Å². The molecule has 9 heteroatoms. The van der Waals surface area contributed by atoms with Crippen molar-refractivity contribution < 1.29 is 4.79 Å². The topological polar surface area (TPSA) is 105 Å². The summed E-state index contributed by atoms with van der Waals surface area (Å²) in [6.45, 7) is 0.229. The van der Waals surface area contributed by atoms with E-state index in [9.17, 15) is 9.59 Å². The number of fused-ring (bicyclic) bond motifs is 3. The fourth-order valence-corrected chi connectivity index (χ4v) is 4.31. The summed E-state index contributed by atoms with van der Waals surface area (Å²) in [5.41, 5.74) is 0.501. The minimum absolute atomic E-state index is 0.0521. The van der Waals surface area contributed by atoms with Gasteiger partial charge in [0, 0.05) is 19.0 Å². The van der Waals surface area contributed by atoms with E-state index in [4.69, 9.17) is 5.26 Å². The summed E-state index contributed by atoms with van der Waals surface area (Å²) in [6.07, 6.45) is 4.56. The Balaban J connectivity index is 1.69. The Kier molecular flexibility index (Phi) is 5.30. The largest absolute Gasteiger partial charge is 0.353 e. The zero-order valence-electron chi connectivity index (χ0n) is 15.3. The van der Waals surface area contributed by atoms with Crippen LogP contribution in [0.15, 0.2) is 34.2 Å². The van der Waals surface area contributed by atoms with Gasteiger partial charge in [-0.15, -0.1) is 10.2 Å². The molecule has 0 bridgehead atoms. The van der Waals surface area contributed by atoms with Gasteiger partial charge in [0.2, 0.25) is 11.7 Å². The molecule has 4 rings (SSSR count). The second kappa shape index (κ2) is 8.02. The maximum atomic E-state index is 13.0. The Labute approximate surface area is 165 Å². The van der Waals surface area contributed by atoms with E-state index in [1.807, 2.05) is 12.1 Å². The van der Waals surface area contributed by atoms with Crippen molar-refractivity contribution in [1.29, 1.82) is 5.26 Å². The second-order valence-electron chi connectivity index (χ2n) is 6.84. The highest BCUT2D eigenvalue weighted by atomic mass is 32.2. The molecule has 0 saturated heterocycles. The van der Waals surface area contributed by atoms with Crippen LogP contribution in [0.5, 0.6) is 0 Å². The summed E-state index contributed by atoms with van der Waals surface area (Å²) in [7, 11) is 0. The van der Waals surface area contributed by atoms with Crippen LogP contribution in [0.1, 0.15) is 32.1 Å². The number of carbonyl (C=O) groups is 1. The van der Waals surface area contributed by atoms with Crippen molar-refractivity contribution in [3.8, 4) is 6.07 Å². The van der Waals surface area contributed by atoms with Gasteiger partial charge in [-0.05, 0) is 25.0 Å². The number of amides is 1. The number of para-hydroxylation sites is 1. The number of carbonyl (C=O) groups excluding carboxylic acids is 1. The number of nitriles is 1. The van der Waals surface area contributed by atoms with E-state index in [2.05, 4.69) is 21.6 Å². The van der Waals surface area contributed by atoms with Crippen molar-refractivity contribution in [2.24, 2.45) is 0 Å². The first-order chi connectivity index (χ1) is 13.7. The lowest BCUT2D eigenvalue weighted by atomic mass is 10.2. The highest BCUT2D eigenvalue weighted by molar-refractivity contribution is 7.99. The van der Waals surface area contributed by atoms with E-state index >= 15 is 0 Å². The van der Waals surface area contributed by atoms with Gasteiger partial charge in [-0.2, -0.15) is 5.26 Å². The van der Waals surface area contributed by atoms with E-state index in [0.29, 0.717) is 21.8 Å². The summed E-state index contributed by atoms with van der Waals surface area (Å²) in [4.78, 5) is 25.3. The van der Waals surface area contributed by atoms with Crippen LogP contribution >= 0.6 is 11.8 Å². The van der Waals surface area contributed by atoms with Crippen LogP contribution in [0.25, 0.3) is 16.7 Å². The van der Waals surface area contributed by atoms with Crippen molar-refractivity contribution in [2.75, 3.05) is 5.75 Å². The van der Waals surface area contributed by atoms with Crippen molar-refractivity contribution in [2.45, 2.75) is 49.8 Å². The fraction of sp³-hybridized carbons (Fsp3) is 0.421. The summed E-state index contributed by atoms with van der Waals surface area (Å²) in [6, 6.07) is 9.57. The minimum Gasteiger partial charge on any atom is -0.353 e. The Bertz CT molecular complexity index is 1120. The zero-order valence-corrected chi connectivity index (χ0v) is 16.1. The molecule has 0 radical (unpaired) electrons. The molecule has 1 aliphatic rings. The second-order valence-corrected chi connectivity index (χ2v) is 7.78. The SMILES string of the molecule is N#CCSc1nnc2n(CCC(=O)NC3CCCC3)c(=O)c3ccccc3n12. The number of hydrogen-bond acceptors (Lipinski definition) is 6. The molecule has 0 atom stereocenters. The molecule has 3 aromatic rings. The van der Waals surface area contributed by atoms with Gasteiger partial charge in [0.1, 0.15) is 0 Å². The number of aromatic nitrogens is 4. The quantitative estimate of drug-likeness (QED) is 0.640. The lowest BCUT2D eigenvalue weighted by Gasteiger charge is -2.13. The number of benzene rings is 1. The van der Waals surface area contributed by atoms with E-state index in [1.54, 1.807) is 16.5 Å². The summed E-state index contributed by atoms with van der Waals surface area (Å²) < 4.78 is 3.29. The Hall–Kier alpha value is -2.86. The Morgan fingerprint density at radius 3 is 2.86 bits per heavy atom. The summed E-state index contributed by atoms with van der Waals surface area (Å²) in [5.74, 6) is 0.569. The maximum absolute atomic E-state index is 13.0. The number of hydrogen-bond donors (Lipinski definition) is 1. The summed E-state index contributed by atoms with van der Waals surface area (Å²) in [5, 5.41) is 21.4. The monoisotopic (exact) mass is 396 g/mol. The van der Waals surface area contributed by atoms with Crippen LogP contribution in [0.4, 0.5) is 0 Å². The van der Waals surface area contributed by atoms with Gasteiger partial charge in [0.05, 0.1) is 22.7 Å². The van der Waals surface area contributed by atoms with Crippen molar-refractivity contribution in [3.63, 3.8) is 0 Å². The van der Waals surface area contributed by atoms with E-state index in [-0.39, 0.29) is 36.2 Å². The molecule has 1 aliphatic carbocycles. The molecule has 1 fully saturated rings. The average Bonchev–Trinajstić information content (AvgIpc) is 3.36. The van der Waals surface area contributed by atoms with Gasteiger partial charge in [-0.3, -0.25) is 18.6 Å². The predicted octanol–water partition coefficient (Wildman–Crippen LogP) is 2.11. The third-order valence-electron chi connectivity index (χ3n) is 5.03. The van der Waals surface area contributed by atoms with Gasteiger partial charge in [0.25, 0.3) is 5.56 Å². The van der Waals surface area contributed by atoms with Crippen LogP contribution < -0.4 is 10.9 Å². The van der Waals surface area contributed by atoms with Gasteiger partial charge in [0.15, 0.2) is 5.16 Å². The molecule has 144 valence electrons. The molecule has 8 nitrogen and oxygen atoms in total. The first-order valence-electron chi connectivity index (χ1n) is 9.35. The maximum Gasteiger partial charge on any atom is 0.262 e. The molecule has 1 saturated carbocycles. The zero-order chi connectivity index (χ0) is 19.5. The smallest absolute Gasteiger partial charge is 0.262 e. The molecule has 2 heterocycles. The molecule has 0 aliphatic heterocycles. The molecular weight excluding hydrogens is 376 g/mol. The molecule has 1 N–H and O–H groups in total.